The summed E-state index contributed by atoms with van der Waals surface area (Å²) in [6, 6.07) is 5.79. The molecule has 0 aliphatic heterocycles. The molecule has 0 fully saturated rings. The maximum absolute atomic E-state index is 9.78. The van der Waals surface area contributed by atoms with Crippen LogP contribution >= 0.6 is 0 Å². The van der Waals surface area contributed by atoms with Crippen molar-refractivity contribution in [2.45, 2.75) is 40.4 Å². The van der Waals surface area contributed by atoms with Gasteiger partial charge in [-0.1, -0.05) is 16.8 Å². The standard InChI is InChI=1S/C15H19NO3/c1-9-5-6-15(13(7-9)11(3)17)18-8-14-10(2)16-19-12(14)4/h5-7,11,17H,8H2,1-4H3/t11-/m1/s1. The summed E-state index contributed by atoms with van der Waals surface area (Å²) in [5, 5.41) is 13.7. The fourth-order valence-corrected chi connectivity index (χ4v) is 1.98. The van der Waals surface area contributed by atoms with Crippen LogP contribution in [0.3, 0.4) is 0 Å². The number of aliphatic hydroxyl groups is 1. The third-order valence-electron chi connectivity index (χ3n) is 3.17. The Kier molecular flexibility index (Phi) is 3.90. The van der Waals surface area contributed by atoms with Gasteiger partial charge >= 0.3 is 0 Å². The quantitative estimate of drug-likeness (QED) is 0.918. The first-order valence-corrected chi connectivity index (χ1v) is 6.32. The van der Waals surface area contributed by atoms with Crippen molar-refractivity contribution in [3.8, 4) is 5.75 Å². The molecule has 2 rings (SSSR count). The number of aryl methyl sites for hydroxylation is 3. The molecule has 1 aromatic heterocycles. The van der Waals surface area contributed by atoms with Crippen molar-refractivity contribution in [3.05, 3.63) is 46.3 Å². The highest BCUT2D eigenvalue weighted by atomic mass is 16.5. The van der Waals surface area contributed by atoms with E-state index in [-0.39, 0.29) is 0 Å². The molecule has 0 saturated carbocycles. The number of nitrogens with zero attached hydrogens (tertiary/aromatic N) is 1. The first-order valence-electron chi connectivity index (χ1n) is 6.32. The molecule has 0 aliphatic carbocycles. The van der Waals surface area contributed by atoms with E-state index >= 15 is 0 Å². The molecule has 0 amide bonds. The van der Waals surface area contributed by atoms with Gasteiger partial charge in [0.2, 0.25) is 0 Å². The van der Waals surface area contributed by atoms with E-state index in [4.69, 9.17) is 9.26 Å². The van der Waals surface area contributed by atoms with Crippen LogP contribution in [-0.2, 0) is 6.61 Å². The van der Waals surface area contributed by atoms with Gasteiger partial charge in [0.15, 0.2) is 0 Å². The van der Waals surface area contributed by atoms with Crippen molar-refractivity contribution in [1.82, 2.24) is 5.16 Å². The maximum atomic E-state index is 9.78. The minimum absolute atomic E-state index is 0.393. The average Bonchev–Trinajstić information content (AvgIpc) is 2.68. The summed E-state index contributed by atoms with van der Waals surface area (Å²) in [7, 11) is 0. The molecule has 1 aromatic carbocycles. The van der Waals surface area contributed by atoms with Crippen molar-refractivity contribution >= 4 is 0 Å². The van der Waals surface area contributed by atoms with Crippen LogP contribution in [0.2, 0.25) is 0 Å². The second kappa shape index (κ2) is 5.45. The molecule has 1 atom stereocenters. The van der Waals surface area contributed by atoms with Gasteiger partial charge in [0.1, 0.15) is 18.1 Å². The van der Waals surface area contributed by atoms with E-state index < -0.39 is 6.10 Å². The lowest BCUT2D eigenvalue weighted by molar-refractivity contribution is 0.190. The fourth-order valence-electron chi connectivity index (χ4n) is 1.98. The van der Waals surface area contributed by atoms with Gasteiger partial charge in [-0.2, -0.15) is 0 Å². The number of benzene rings is 1. The van der Waals surface area contributed by atoms with Gasteiger partial charge in [0.05, 0.1) is 17.4 Å². The van der Waals surface area contributed by atoms with Crippen molar-refractivity contribution in [1.29, 1.82) is 0 Å². The lowest BCUT2D eigenvalue weighted by Gasteiger charge is -2.14. The lowest BCUT2D eigenvalue weighted by Crippen LogP contribution is -2.02. The highest BCUT2D eigenvalue weighted by molar-refractivity contribution is 5.38. The summed E-state index contributed by atoms with van der Waals surface area (Å²) in [5.41, 5.74) is 3.69. The monoisotopic (exact) mass is 261 g/mol. The zero-order valence-corrected chi connectivity index (χ0v) is 11.7. The predicted octanol–water partition coefficient (Wildman–Crippen LogP) is 3.23. The van der Waals surface area contributed by atoms with E-state index in [0.29, 0.717) is 12.4 Å². The topological polar surface area (TPSA) is 55.5 Å². The van der Waals surface area contributed by atoms with Crippen LogP contribution < -0.4 is 4.74 Å². The zero-order valence-electron chi connectivity index (χ0n) is 11.7. The third-order valence-corrected chi connectivity index (χ3v) is 3.17. The van der Waals surface area contributed by atoms with E-state index in [1.807, 2.05) is 39.0 Å². The van der Waals surface area contributed by atoms with Crippen LogP contribution in [0.5, 0.6) is 5.75 Å². The molecule has 1 heterocycles. The van der Waals surface area contributed by atoms with Crippen LogP contribution in [0.1, 0.15) is 41.2 Å². The lowest BCUT2D eigenvalue weighted by atomic mass is 10.1. The van der Waals surface area contributed by atoms with Gasteiger partial charge in [-0.3, -0.25) is 0 Å². The van der Waals surface area contributed by atoms with Gasteiger partial charge in [-0.25, -0.2) is 0 Å². The van der Waals surface area contributed by atoms with E-state index in [9.17, 15) is 5.11 Å². The van der Waals surface area contributed by atoms with Crippen LogP contribution in [0.25, 0.3) is 0 Å². The molecular weight excluding hydrogens is 242 g/mol. The molecule has 0 saturated heterocycles. The third kappa shape index (κ3) is 2.96. The molecule has 0 bridgehead atoms. The van der Waals surface area contributed by atoms with Crippen LogP contribution in [0, 0.1) is 20.8 Å². The minimum atomic E-state index is -0.556. The Bertz CT molecular complexity index is 553. The Balaban J connectivity index is 2.20. The average molecular weight is 261 g/mol. The minimum Gasteiger partial charge on any atom is -0.488 e. The molecule has 4 heteroatoms. The molecular formula is C15H19NO3. The summed E-state index contributed by atoms with van der Waals surface area (Å²) in [4.78, 5) is 0. The van der Waals surface area contributed by atoms with Gasteiger partial charge in [-0.05, 0) is 39.8 Å². The summed E-state index contributed by atoms with van der Waals surface area (Å²) in [6.45, 7) is 7.87. The summed E-state index contributed by atoms with van der Waals surface area (Å²) in [6.07, 6.45) is -0.556. The van der Waals surface area contributed by atoms with Crippen molar-refractivity contribution in [3.63, 3.8) is 0 Å². The Morgan fingerprint density at radius 3 is 2.63 bits per heavy atom. The predicted molar refractivity (Wildman–Crippen MR) is 72.1 cm³/mol. The van der Waals surface area contributed by atoms with Crippen molar-refractivity contribution in [2.24, 2.45) is 0 Å². The molecule has 0 unspecified atom stereocenters. The summed E-state index contributed by atoms with van der Waals surface area (Å²) < 4.78 is 10.9. The number of rotatable bonds is 4. The van der Waals surface area contributed by atoms with Gasteiger partial charge < -0.3 is 14.4 Å². The van der Waals surface area contributed by atoms with Crippen molar-refractivity contribution in [2.75, 3.05) is 0 Å². The highest BCUT2D eigenvalue weighted by Gasteiger charge is 2.13. The molecule has 1 N–H and O–H groups in total. The Hall–Kier alpha value is -1.81. The van der Waals surface area contributed by atoms with E-state index in [2.05, 4.69) is 5.16 Å². The molecule has 0 radical (unpaired) electrons. The van der Waals surface area contributed by atoms with E-state index in [0.717, 1.165) is 28.1 Å². The van der Waals surface area contributed by atoms with Crippen LogP contribution in [0.4, 0.5) is 0 Å². The first kappa shape index (κ1) is 13.6. The fraction of sp³-hybridized carbons (Fsp3) is 0.400. The van der Waals surface area contributed by atoms with Crippen LogP contribution in [0.15, 0.2) is 22.7 Å². The van der Waals surface area contributed by atoms with E-state index in [1.54, 1.807) is 6.92 Å². The van der Waals surface area contributed by atoms with Gasteiger partial charge in [0, 0.05) is 5.56 Å². The first-order chi connectivity index (χ1) is 8.99. The smallest absolute Gasteiger partial charge is 0.140 e. The largest absolute Gasteiger partial charge is 0.488 e. The normalized spacial score (nSPS) is 12.5. The number of hydrogen-bond acceptors (Lipinski definition) is 4. The van der Waals surface area contributed by atoms with E-state index in [1.165, 1.54) is 0 Å². The zero-order chi connectivity index (χ0) is 14.0. The number of aromatic nitrogens is 1. The number of ether oxygens (including phenoxy) is 1. The van der Waals surface area contributed by atoms with Crippen LogP contribution in [-0.4, -0.2) is 10.3 Å². The molecule has 19 heavy (non-hydrogen) atoms. The second-order valence-electron chi connectivity index (χ2n) is 4.81. The SMILES string of the molecule is Cc1ccc(OCc2c(C)noc2C)c([C@@H](C)O)c1. The van der Waals surface area contributed by atoms with Gasteiger partial charge in [-0.15, -0.1) is 0 Å². The number of aliphatic hydroxyl groups excluding tert-OH is 1. The molecule has 0 spiro atoms. The Morgan fingerprint density at radius 1 is 1.32 bits per heavy atom. The summed E-state index contributed by atoms with van der Waals surface area (Å²) >= 11 is 0. The maximum Gasteiger partial charge on any atom is 0.140 e. The van der Waals surface area contributed by atoms with Gasteiger partial charge in [0.25, 0.3) is 0 Å². The molecule has 0 aliphatic rings. The second-order valence-corrected chi connectivity index (χ2v) is 4.81. The highest BCUT2D eigenvalue weighted by Crippen LogP contribution is 2.27. The van der Waals surface area contributed by atoms with Crippen molar-refractivity contribution < 1.29 is 14.4 Å². The summed E-state index contributed by atoms with van der Waals surface area (Å²) in [5.74, 6) is 1.46. The molecule has 4 nitrogen and oxygen atoms in total. The Morgan fingerprint density at radius 2 is 2.05 bits per heavy atom. The number of hydrogen-bond donors (Lipinski definition) is 1. The molecule has 2 aromatic rings. The Labute approximate surface area is 113 Å². The molecule has 102 valence electrons.